The monoisotopic (exact) mass is 577 g/mol. The van der Waals surface area contributed by atoms with Crippen molar-refractivity contribution in [1.29, 1.82) is 0 Å². The molecular formula is C28H24BrN3O6. The van der Waals surface area contributed by atoms with Crippen molar-refractivity contribution in [3.8, 4) is 5.75 Å². The van der Waals surface area contributed by atoms with Crippen LogP contribution >= 0.6 is 15.9 Å². The van der Waals surface area contributed by atoms with Crippen LogP contribution in [0.5, 0.6) is 5.75 Å². The van der Waals surface area contributed by atoms with Gasteiger partial charge in [0.15, 0.2) is 6.61 Å². The first-order valence-electron chi connectivity index (χ1n) is 12.0. The highest BCUT2D eigenvalue weighted by Gasteiger charge is 2.61. The highest BCUT2D eigenvalue weighted by atomic mass is 79.9. The van der Waals surface area contributed by atoms with E-state index in [2.05, 4.69) is 21.2 Å². The Morgan fingerprint density at radius 2 is 1.58 bits per heavy atom. The van der Waals surface area contributed by atoms with E-state index in [-0.39, 0.29) is 19.8 Å². The molecule has 0 bridgehead atoms. The molecule has 0 aromatic heterocycles. The lowest BCUT2D eigenvalue weighted by atomic mass is 9.96. The average molecular weight is 578 g/mol. The number of carbonyl (C=O) groups is 4. The van der Waals surface area contributed by atoms with E-state index in [1.807, 2.05) is 36.4 Å². The number of amides is 3. The van der Waals surface area contributed by atoms with E-state index in [0.29, 0.717) is 15.8 Å². The molecule has 0 radical (unpaired) electrons. The van der Waals surface area contributed by atoms with Gasteiger partial charge in [0.1, 0.15) is 18.4 Å². The second-order valence-electron chi connectivity index (χ2n) is 8.86. The van der Waals surface area contributed by atoms with E-state index in [1.165, 1.54) is 9.80 Å². The molecule has 0 aliphatic carbocycles. The molecule has 2 saturated heterocycles. The maximum absolute atomic E-state index is 13.5. The summed E-state index contributed by atoms with van der Waals surface area (Å²) in [7, 11) is 0. The number of hydrogen-bond acceptors (Lipinski definition) is 6. The van der Waals surface area contributed by atoms with Crippen LogP contribution in [0, 0.1) is 0 Å². The Kier molecular flexibility index (Phi) is 7.41. The van der Waals surface area contributed by atoms with Crippen LogP contribution in [0.25, 0.3) is 0 Å². The normalized spacial score (nSPS) is 19.8. The minimum atomic E-state index is -1.25. The fourth-order valence-electron chi connectivity index (χ4n) is 4.58. The van der Waals surface area contributed by atoms with E-state index in [1.54, 1.807) is 48.5 Å². The summed E-state index contributed by atoms with van der Waals surface area (Å²) in [5.74, 6) is -1.57. The van der Waals surface area contributed by atoms with Crippen molar-refractivity contribution in [2.45, 2.75) is 24.9 Å². The van der Waals surface area contributed by atoms with Gasteiger partial charge in [0.25, 0.3) is 11.8 Å². The molecule has 10 heteroatoms. The molecule has 0 spiro atoms. The minimum absolute atomic E-state index is 0.00305. The zero-order chi connectivity index (χ0) is 26.6. The largest absolute Gasteiger partial charge is 0.484 e. The quantitative estimate of drug-likeness (QED) is 0.326. The SMILES string of the molecule is O=C(COc1ccccc1)N[C@@H]1C(=O)N2C1CN(C(=O)c1ccccc1Br)C2C(=O)OCc1ccccc1. The third kappa shape index (κ3) is 5.12. The number of benzene rings is 3. The van der Waals surface area contributed by atoms with Gasteiger partial charge in [-0.15, -0.1) is 0 Å². The number of hydrogen-bond donors (Lipinski definition) is 1. The van der Waals surface area contributed by atoms with E-state index < -0.39 is 41.9 Å². The van der Waals surface area contributed by atoms with Gasteiger partial charge in [0, 0.05) is 11.0 Å². The molecule has 194 valence electrons. The van der Waals surface area contributed by atoms with Gasteiger partial charge in [-0.05, 0) is 45.8 Å². The predicted octanol–water partition coefficient (Wildman–Crippen LogP) is 2.75. The maximum atomic E-state index is 13.5. The highest BCUT2D eigenvalue weighted by Crippen LogP contribution is 2.35. The zero-order valence-electron chi connectivity index (χ0n) is 20.2. The molecule has 38 heavy (non-hydrogen) atoms. The number of fused-ring (bicyclic) bond motifs is 1. The number of nitrogens with zero attached hydrogens (tertiary/aromatic N) is 2. The van der Waals surface area contributed by atoms with E-state index in [0.717, 1.165) is 5.56 Å². The number of ether oxygens (including phenoxy) is 2. The van der Waals surface area contributed by atoms with Crippen LogP contribution in [0.2, 0.25) is 0 Å². The van der Waals surface area contributed by atoms with Crippen molar-refractivity contribution in [3.63, 3.8) is 0 Å². The lowest BCUT2D eigenvalue weighted by molar-refractivity contribution is -0.167. The smallest absolute Gasteiger partial charge is 0.350 e. The summed E-state index contributed by atoms with van der Waals surface area (Å²) in [5.41, 5.74) is 1.12. The number of para-hydroxylation sites is 1. The molecule has 1 N–H and O–H groups in total. The molecule has 0 saturated carbocycles. The van der Waals surface area contributed by atoms with Crippen LogP contribution in [0.1, 0.15) is 15.9 Å². The summed E-state index contributed by atoms with van der Waals surface area (Å²) >= 11 is 3.39. The summed E-state index contributed by atoms with van der Waals surface area (Å²) in [4.78, 5) is 55.0. The second-order valence-corrected chi connectivity index (χ2v) is 9.72. The van der Waals surface area contributed by atoms with Gasteiger partial charge < -0.3 is 24.6 Å². The van der Waals surface area contributed by atoms with Crippen molar-refractivity contribution >= 4 is 39.6 Å². The first kappa shape index (κ1) is 25.5. The zero-order valence-corrected chi connectivity index (χ0v) is 21.7. The van der Waals surface area contributed by atoms with Gasteiger partial charge in [0.05, 0.1) is 11.6 Å². The van der Waals surface area contributed by atoms with Crippen LogP contribution in [0.3, 0.4) is 0 Å². The van der Waals surface area contributed by atoms with E-state index >= 15 is 0 Å². The van der Waals surface area contributed by atoms with Crippen LogP contribution in [-0.4, -0.2) is 64.9 Å². The Hall–Kier alpha value is -4.18. The van der Waals surface area contributed by atoms with Crippen LogP contribution in [-0.2, 0) is 25.7 Å². The van der Waals surface area contributed by atoms with Gasteiger partial charge >= 0.3 is 5.97 Å². The molecular weight excluding hydrogens is 554 g/mol. The molecule has 2 unspecified atom stereocenters. The summed E-state index contributed by atoms with van der Waals surface area (Å²) in [5, 5.41) is 2.68. The standard InChI is InChI=1S/C28H24BrN3O6/c29-21-14-8-7-13-20(21)26(34)31-15-22-24(30-23(33)17-37-19-11-5-2-6-12-19)27(35)32(22)25(31)28(36)38-16-18-9-3-1-4-10-18/h1-14,22,24-25H,15-17H2,(H,30,33)/t22?,24-,25?/m0/s1. The lowest BCUT2D eigenvalue weighted by Gasteiger charge is -2.43. The highest BCUT2D eigenvalue weighted by molar-refractivity contribution is 9.10. The molecule has 2 fully saturated rings. The Labute approximate surface area is 227 Å². The van der Waals surface area contributed by atoms with Gasteiger partial charge in [0.2, 0.25) is 12.1 Å². The van der Waals surface area contributed by atoms with Crippen LogP contribution in [0.4, 0.5) is 0 Å². The van der Waals surface area contributed by atoms with Gasteiger partial charge in [-0.2, -0.15) is 0 Å². The fraction of sp³-hybridized carbons (Fsp3) is 0.214. The molecule has 2 aliphatic rings. The van der Waals surface area contributed by atoms with Crippen LogP contribution < -0.4 is 10.1 Å². The second kappa shape index (κ2) is 11.1. The van der Waals surface area contributed by atoms with Crippen molar-refractivity contribution in [2.75, 3.05) is 13.2 Å². The third-order valence-electron chi connectivity index (χ3n) is 6.43. The lowest BCUT2D eigenvalue weighted by Crippen LogP contribution is -2.71. The average Bonchev–Trinajstić information content (AvgIpc) is 3.31. The summed E-state index contributed by atoms with van der Waals surface area (Å²) in [6, 6.07) is 23.3. The Morgan fingerprint density at radius 1 is 0.921 bits per heavy atom. The number of esters is 1. The Morgan fingerprint density at radius 3 is 2.29 bits per heavy atom. The number of nitrogens with one attached hydrogen (secondary N) is 1. The maximum Gasteiger partial charge on any atom is 0.350 e. The van der Waals surface area contributed by atoms with Crippen molar-refractivity contribution in [1.82, 2.24) is 15.1 Å². The molecule has 2 heterocycles. The van der Waals surface area contributed by atoms with Gasteiger partial charge in [-0.1, -0.05) is 60.7 Å². The first-order chi connectivity index (χ1) is 18.4. The third-order valence-corrected chi connectivity index (χ3v) is 7.13. The van der Waals surface area contributed by atoms with E-state index in [9.17, 15) is 19.2 Å². The molecule has 3 atom stereocenters. The molecule has 2 aliphatic heterocycles. The number of β-lactam (4-membered cyclic amide) rings is 1. The fourth-order valence-corrected chi connectivity index (χ4v) is 5.03. The summed E-state index contributed by atoms with van der Waals surface area (Å²) in [6.07, 6.45) is -1.25. The van der Waals surface area contributed by atoms with Crippen molar-refractivity contribution in [3.05, 3.63) is 101 Å². The first-order valence-corrected chi connectivity index (χ1v) is 12.8. The topological polar surface area (TPSA) is 105 Å². The van der Waals surface area contributed by atoms with Crippen molar-refractivity contribution < 1.29 is 28.7 Å². The molecule has 3 amide bonds. The predicted molar refractivity (Wildman–Crippen MR) is 140 cm³/mol. The Bertz CT molecular complexity index is 1350. The van der Waals surface area contributed by atoms with Gasteiger partial charge in [-0.25, -0.2) is 4.79 Å². The summed E-state index contributed by atoms with van der Waals surface area (Å²) < 4.78 is 11.5. The van der Waals surface area contributed by atoms with Crippen molar-refractivity contribution in [2.24, 2.45) is 0 Å². The molecule has 9 nitrogen and oxygen atoms in total. The van der Waals surface area contributed by atoms with Gasteiger partial charge in [-0.3, -0.25) is 14.4 Å². The molecule has 5 rings (SSSR count). The van der Waals surface area contributed by atoms with E-state index in [4.69, 9.17) is 9.47 Å². The number of carbonyl (C=O) groups excluding carboxylic acids is 4. The molecule has 3 aromatic rings. The van der Waals surface area contributed by atoms with Crippen LogP contribution in [0.15, 0.2) is 89.4 Å². The Balaban J connectivity index is 1.31. The number of halogens is 1. The minimum Gasteiger partial charge on any atom is -0.484 e. The number of rotatable bonds is 8. The molecule has 3 aromatic carbocycles. The summed E-state index contributed by atoms with van der Waals surface area (Å²) in [6.45, 7) is -0.221.